The molecule has 0 N–H and O–H groups in total. The zero-order valence-electron chi connectivity index (χ0n) is 10.5. The quantitative estimate of drug-likeness (QED) is 0.702. The fraction of sp³-hybridized carbons (Fsp3) is 0.133. The minimum absolute atomic E-state index is 0.679. The van der Waals surface area contributed by atoms with Crippen LogP contribution in [0.4, 0.5) is 0 Å². The number of rotatable bonds is 4. The molecule has 4 heteroatoms. The molecule has 0 amide bonds. The molecule has 0 spiro atoms. The number of thiazole rings is 1. The van der Waals surface area contributed by atoms with E-state index in [4.69, 9.17) is 9.15 Å². The van der Waals surface area contributed by atoms with Gasteiger partial charge in [-0.15, -0.1) is 11.3 Å². The standard InChI is InChI=1S/C15H13NO2S/c1-2-17-12-7-5-11(6-8-12)13-10-19-15(16-13)14-4-3-9-18-14/h3-10H,2H2,1H3. The van der Waals surface area contributed by atoms with E-state index >= 15 is 0 Å². The van der Waals surface area contributed by atoms with Gasteiger partial charge in [0.2, 0.25) is 0 Å². The van der Waals surface area contributed by atoms with Gasteiger partial charge < -0.3 is 9.15 Å². The normalized spacial score (nSPS) is 10.6. The number of hydrogen-bond acceptors (Lipinski definition) is 4. The first-order valence-corrected chi connectivity index (χ1v) is 6.97. The van der Waals surface area contributed by atoms with Crippen molar-refractivity contribution in [2.24, 2.45) is 0 Å². The van der Waals surface area contributed by atoms with Crippen molar-refractivity contribution < 1.29 is 9.15 Å². The van der Waals surface area contributed by atoms with E-state index in [1.54, 1.807) is 17.6 Å². The average molecular weight is 271 g/mol. The fourth-order valence-corrected chi connectivity index (χ4v) is 2.60. The van der Waals surface area contributed by atoms with Gasteiger partial charge in [0.05, 0.1) is 18.6 Å². The maximum atomic E-state index is 5.43. The van der Waals surface area contributed by atoms with Crippen LogP contribution in [0.15, 0.2) is 52.5 Å². The molecule has 2 aromatic heterocycles. The molecular formula is C15H13NO2S. The third kappa shape index (κ3) is 2.53. The molecule has 3 nitrogen and oxygen atoms in total. The minimum Gasteiger partial charge on any atom is -0.494 e. The lowest BCUT2D eigenvalue weighted by Crippen LogP contribution is -1.90. The van der Waals surface area contributed by atoms with E-state index in [1.807, 2.05) is 48.7 Å². The Morgan fingerprint density at radius 1 is 1.21 bits per heavy atom. The van der Waals surface area contributed by atoms with Crippen molar-refractivity contribution >= 4 is 11.3 Å². The van der Waals surface area contributed by atoms with Crippen molar-refractivity contribution in [3.63, 3.8) is 0 Å². The van der Waals surface area contributed by atoms with Gasteiger partial charge in [-0.25, -0.2) is 4.98 Å². The van der Waals surface area contributed by atoms with Crippen LogP contribution in [-0.2, 0) is 0 Å². The maximum absolute atomic E-state index is 5.43. The molecule has 0 radical (unpaired) electrons. The summed E-state index contributed by atoms with van der Waals surface area (Å²) in [6.45, 7) is 2.66. The molecule has 3 rings (SSSR count). The molecule has 0 saturated carbocycles. The average Bonchev–Trinajstić information content (AvgIpc) is 3.11. The second kappa shape index (κ2) is 5.28. The van der Waals surface area contributed by atoms with Crippen molar-refractivity contribution in [1.82, 2.24) is 4.98 Å². The molecule has 0 fully saturated rings. The monoisotopic (exact) mass is 271 g/mol. The van der Waals surface area contributed by atoms with Gasteiger partial charge in [-0.3, -0.25) is 0 Å². The van der Waals surface area contributed by atoms with Crippen molar-refractivity contribution in [1.29, 1.82) is 0 Å². The van der Waals surface area contributed by atoms with E-state index in [0.717, 1.165) is 27.8 Å². The molecular weight excluding hydrogens is 258 g/mol. The van der Waals surface area contributed by atoms with Crippen molar-refractivity contribution in [2.45, 2.75) is 6.92 Å². The number of hydrogen-bond donors (Lipinski definition) is 0. The lowest BCUT2D eigenvalue weighted by molar-refractivity contribution is 0.340. The van der Waals surface area contributed by atoms with Crippen LogP contribution in [0.3, 0.4) is 0 Å². The molecule has 1 aromatic carbocycles. The Hall–Kier alpha value is -2.07. The van der Waals surface area contributed by atoms with E-state index in [9.17, 15) is 0 Å². The Balaban J connectivity index is 1.86. The summed E-state index contributed by atoms with van der Waals surface area (Å²) < 4.78 is 10.8. The Bertz CT molecular complexity index is 641. The van der Waals surface area contributed by atoms with Gasteiger partial charge in [0.25, 0.3) is 0 Å². The van der Waals surface area contributed by atoms with Gasteiger partial charge in [-0.05, 0) is 43.3 Å². The number of ether oxygens (including phenoxy) is 1. The van der Waals surface area contributed by atoms with Crippen molar-refractivity contribution in [3.8, 4) is 27.8 Å². The molecule has 0 aliphatic heterocycles. The summed E-state index contributed by atoms with van der Waals surface area (Å²) in [5.41, 5.74) is 2.04. The topological polar surface area (TPSA) is 35.3 Å². The lowest BCUT2D eigenvalue weighted by atomic mass is 10.2. The van der Waals surface area contributed by atoms with Crippen LogP contribution in [0.5, 0.6) is 5.75 Å². The van der Waals surface area contributed by atoms with Crippen LogP contribution in [0.2, 0.25) is 0 Å². The summed E-state index contributed by atoms with van der Waals surface area (Å²) in [7, 11) is 0. The summed E-state index contributed by atoms with van der Waals surface area (Å²) in [4.78, 5) is 4.58. The molecule has 0 aliphatic carbocycles. The molecule has 0 bridgehead atoms. The van der Waals surface area contributed by atoms with E-state index in [-0.39, 0.29) is 0 Å². The van der Waals surface area contributed by atoms with Crippen LogP contribution in [0, 0.1) is 0 Å². The van der Waals surface area contributed by atoms with E-state index in [2.05, 4.69) is 4.98 Å². The number of furan rings is 1. The molecule has 0 unspecified atom stereocenters. The number of nitrogens with zero attached hydrogens (tertiary/aromatic N) is 1. The molecule has 0 saturated heterocycles. The highest BCUT2D eigenvalue weighted by Crippen LogP contribution is 2.29. The number of benzene rings is 1. The fourth-order valence-electron chi connectivity index (χ4n) is 1.81. The van der Waals surface area contributed by atoms with E-state index in [1.165, 1.54) is 0 Å². The van der Waals surface area contributed by atoms with E-state index in [0.29, 0.717) is 6.61 Å². The summed E-state index contributed by atoms with van der Waals surface area (Å²) in [6, 6.07) is 11.8. The Morgan fingerprint density at radius 2 is 2.05 bits per heavy atom. The molecule has 0 atom stereocenters. The largest absolute Gasteiger partial charge is 0.494 e. The van der Waals surface area contributed by atoms with Gasteiger partial charge >= 0.3 is 0 Å². The Kier molecular flexibility index (Phi) is 3.33. The smallest absolute Gasteiger partial charge is 0.162 e. The second-order valence-electron chi connectivity index (χ2n) is 3.97. The molecule has 3 aromatic rings. The van der Waals surface area contributed by atoms with Crippen LogP contribution >= 0.6 is 11.3 Å². The van der Waals surface area contributed by atoms with Crippen LogP contribution in [-0.4, -0.2) is 11.6 Å². The highest BCUT2D eigenvalue weighted by atomic mass is 32.1. The van der Waals surface area contributed by atoms with Gasteiger partial charge in [-0.1, -0.05) is 0 Å². The first-order valence-electron chi connectivity index (χ1n) is 6.09. The van der Waals surface area contributed by atoms with Gasteiger partial charge in [-0.2, -0.15) is 0 Å². The third-order valence-corrected chi connectivity index (χ3v) is 3.55. The predicted molar refractivity (Wildman–Crippen MR) is 76.4 cm³/mol. The van der Waals surface area contributed by atoms with Crippen molar-refractivity contribution in [3.05, 3.63) is 48.0 Å². The maximum Gasteiger partial charge on any atom is 0.162 e. The lowest BCUT2D eigenvalue weighted by Gasteiger charge is -2.03. The van der Waals surface area contributed by atoms with Gasteiger partial charge in [0.1, 0.15) is 5.75 Å². The molecule has 2 heterocycles. The van der Waals surface area contributed by atoms with Gasteiger partial charge in [0.15, 0.2) is 10.8 Å². The zero-order valence-corrected chi connectivity index (χ0v) is 11.3. The third-order valence-electron chi connectivity index (χ3n) is 2.70. The van der Waals surface area contributed by atoms with Crippen molar-refractivity contribution in [2.75, 3.05) is 6.61 Å². The van der Waals surface area contributed by atoms with Crippen LogP contribution < -0.4 is 4.74 Å². The number of aromatic nitrogens is 1. The molecule has 19 heavy (non-hydrogen) atoms. The van der Waals surface area contributed by atoms with Gasteiger partial charge in [0, 0.05) is 10.9 Å². The zero-order chi connectivity index (χ0) is 13.1. The Morgan fingerprint density at radius 3 is 2.74 bits per heavy atom. The van der Waals surface area contributed by atoms with E-state index < -0.39 is 0 Å². The summed E-state index contributed by atoms with van der Waals surface area (Å²) in [5, 5.41) is 2.93. The molecule has 0 aliphatic rings. The minimum atomic E-state index is 0.679. The SMILES string of the molecule is CCOc1ccc(-c2csc(-c3ccco3)n2)cc1. The first-order chi connectivity index (χ1) is 9.36. The predicted octanol–water partition coefficient (Wildman–Crippen LogP) is 4.47. The van der Waals surface area contributed by atoms with Crippen LogP contribution in [0.25, 0.3) is 22.0 Å². The summed E-state index contributed by atoms with van der Waals surface area (Å²) in [5.74, 6) is 1.69. The highest BCUT2D eigenvalue weighted by Gasteiger charge is 2.08. The summed E-state index contributed by atoms with van der Waals surface area (Å²) in [6.07, 6.45) is 1.66. The Labute approximate surface area is 115 Å². The second-order valence-corrected chi connectivity index (χ2v) is 4.83. The highest BCUT2D eigenvalue weighted by molar-refractivity contribution is 7.13. The first kappa shape index (κ1) is 12.0. The summed E-state index contributed by atoms with van der Waals surface area (Å²) >= 11 is 1.58. The van der Waals surface area contributed by atoms with Crippen LogP contribution in [0.1, 0.15) is 6.92 Å². The molecule has 96 valence electrons.